The summed E-state index contributed by atoms with van der Waals surface area (Å²) < 4.78 is 12.5. The summed E-state index contributed by atoms with van der Waals surface area (Å²) in [5, 5.41) is 3.05. The third kappa shape index (κ3) is 2.93. The SMILES string of the molecule is CCC(c1ccc(NC)cc1)C(N)CF. The Morgan fingerprint density at radius 3 is 2.33 bits per heavy atom. The van der Waals surface area contributed by atoms with E-state index < -0.39 is 12.7 Å². The summed E-state index contributed by atoms with van der Waals surface area (Å²) in [7, 11) is 1.87. The van der Waals surface area contributed by atoms with Crippen LogP contribution < -0.4 is 11.1 Å². The third-order valence-corrected chi connectivity index (χ3v) is 2.76. The number of nitrogens with two attached hydrogens (primary N) is 1. The van der Waals surface area contributed by atoms with Gasteiger partial charge >= 0.3 is 0 Å². The fraction of sp³-hybridized carbons (Fsp3) is 0.500. The van der Waals surface area contributed by atoms with Gasteiger partial charge < -0.3 is 11.1 Å². The topological polar surface area (TPSA) is 38.0 Å². The maximum Gasteiger partial charge on any atom is 0.105 e. The molecule has 0 saturated heterocycles. The van der Waals surface area contributed by atoms with Gasteiger partial charge in [-0.05, 0) is 24.1 Å². The molecule has 0 spiro atoms. The van der Waals surface area contributed by atoms with Crippen LogP contribution in [0.15, 0.2) is 24.3 Å². The molecule has 1 aromatic carbocycles. The molecule has 15 heavy (non-hydrogen) atoms. The Morgan fingerprint density at radius 2 is 1.93 bits per heavy atom. The van der Waals surface area contributed by atoms with Crippen molar-refractivity contribution in [3.05, 3.63) is 29.8 Å². The van der Waals surface area contributed by atoms with Gasteiger partial charge in [-0.2, -0.15) is 0 Å². The molecule has 0 amide bonds. The van der Waals surface area contributed by atoms with Gasteiger partial charge in [-0.15, -0.1) is 0 Å². The molecule has 0 radical (unpaired) electrons. The van der Waals surface area contributed by atoms with Crippen LogP contribution in [0.3, 0.4) is 0 Å². The maximum atomic E-state index is 12.5. The van der Waals surface area contributed by atoms with Crippen molar-refractivity contribution >= 4 is 5.69 Å². The lowest BCUT2D eigenvalue weighted by molar-refractivity contribution is 0.380. The highest BCUT2D eigenvalue weighted by Gasteiger charge is 2.17. The highest BCUT2D eigenvalue weighted by molar-refractivity contribution is 5.44. The van der Waals surface area contributed by atoms with Gasteiger partial charge in [0.1, 0.15) is 6.67 Å². The lowest BCUT2D eigenvalue weighted by Crippen LogP contribution is -2.30. The minimum Gasteiger partial charge on any atom is -0.388 e. The maximum absolute atomic E-state index is 12.5. The lowest BCUT2D eigenvalue weighted by atomic mass is 9.90. The molecular formula is C12H19FN2. The molecule has 0 aliphatic carbocycles. The average molecular weight is 210 g/mol. The Balaban J connectivity index is 2.83. The molecule has 0 aromatic heterocycles. The minimum absolute atomic E-state index is 0.112. The van der Waals surface area contributed by atoms with Gasteiger partial charge in [0, 0.05) is 24.7 Å². The van der Waals surface area contributed by atoms with Crippen LogP contribution in [0.4, 0.5) is 10.1 Å². The van der Waals surface area contributed by atoms with Gasteiger partial charge in [-0.1, -0.05) is 19.1 Å². The van der Waals surface area contributed by atoms with Gasteiger partial charge in [0.05, 0.1) is 0 Å². The predicted octanol–water partition coefficient (Wildman–Crippen LogP) is 2.52. The monoisotopic (exact) mass is 210 g/mol. The number of halogens is 1. The van der Waals surface area contributed by atoms with Crippen molar-refractivity contribution in [2.75, 3.05) is 19.0 Å². The van der Waals surface area contributed by atoms with Crippen LogP contribution in [0.25, 0.3) is 0 Å². The smallest absolute Gasteiger partial charge is 0.105 e. The van der Waals surface area contributed by atoms with Gasteiger partial charge in [-0.25, -0.2) is 4.39 Å². The first-order valence-corrected chi connectivity index (χ1v) is 5.32. The van der Waals surface area contributed by atoms with Crippen molar-refractivity contribution in [2.24, 2.45) is 5.73 Å². The van der Waals surface area contributed by atoms with Crippen molar-refractivity contribution in [2.45, 2.75) is 25.3 Å². The number of anilines is 1. The molecule has 1 aromatic rings. The molecule has 1 rings (SSSR count). The van der Waals surface area contributed by atoms with Crippen molar-refractivity contribution < 1.29 is 4.39 Å². The molecule has 3 N–H and O–H groups in total. The van der Waals surface area contributed by atoms with Crippen LogP contribution >= 0.6 is 0 Å². The summed E-state index contributed by atoms with van der Waals surface area (Å²) in [6, 6.07) is 7.60. The molecule has 0 aliphatic heterocycles. The Kier molecular flexibility index (Phi) is 4.56. The third-order valence-electron chi connectivity index (χ3n) is 2.76. The number of hydrogen-bond donors (Lipinski definition) is 2. The Labute approximate surface area is 90.7 Å². The molecule has 0 fully saturated rings. The fourth-order valence-corrected chi connectivity index (χ4v) is 1.79. The molecular weight excluding hydrogens is 191 g/mol. The number of rotatable bonds is 5. The second-order valence-electron chi connectivity index (χ2n) is 3.70. The highest BCUT2D eigenvalue weighted by Crippen LogP contribution is 2.24. The first kappa shape index (κ1) is 12.0. The van der Waals surface area contributed by atoms with E-state index in [0.717, 1.165) is 17.7 Å². The van der Waals surface area contributed by atoms with Crippen LogP contribution in [0, 0.1) is 0 Å². The summed E-state index contributed by atoms with van der Waals surface area (Å²) in [5.74, 6) is 0.112. The molecule has 0 saturated carbocycles. The van der Waals surface area contributed by atoms with Crippen molar-refractivity contribution in [3.63, 3.8) is 0 Å². The van der Waals surface area contributed by atoms with E-state index in [2.05, 4.69) is 5.32 Å². The van der Waals surface area contributed by atoms with Crippen LogP contribution in [-0.4, -0.2) is 19.8 Å². The van der Waals surface area contributed by atoms with E-state index in [0.29, 0.717) is 0 Å². The molecule has 0 heterocycles. The summed E-state index contributed by atoms with van der Waals surface area (Å²) >= 11 is 0. The molecule has 2 unspecified atom stereocenters. The minimum atomic E-state index is -0.466. The average Bonchev–Trinajstić information content (AvgIpc) is 2.30. The van der Waals surface area contributed by atoms with E-state index in [-0.39, 0.29) is 5.92 Å². The normalized spacial score (nSPS) is 14.7. The molecule has 3 heteroatoms. The first-order valence-electron chi connectivity index (χ1n) is 5.32. The largest absolute Gasteiger partial charge is 0.388 e. The van der Waals surface area contributed by atoms with E-state index >= 15 is 0 Å². The van der Waals surface area contributed by atoms with Gasteiger partial charge in [0.15, 0.2) is 0 Å². The zero-order chi connectivity index (χ0) is 11.3. The zero-order valence-corrected chi connectivity index (χ0v) is 9.33. The number of hydrogen-bond acceptors (Lipinski definition) is 2. The second-order valence-corrected chi connectivity index (χ2v) is 3.70. The number of alkyl halides is 1. The van der Waals surface area contributed by atoms with Crippen LogP contribution in [0.1, 0.15) is 24.8 Å². The van der Waals surface area contributed by atoms with Crippen LogP contribution in [0.2, 0.25) is 0 Å². The van der Waals surface area contributed by atoms with Gasteiger partial charge in [-0.3, -0.25) is 0 Å². The fourth-order valence-electron chi connectivity index (χ4n) is 1.79. The summed E-state index contributed by atoms with van der Waals surface area (Å²) in [6.07, 6.45) is 0.865. The zero-order valence-electron chi connectivity index (χ0n) is 9.33. The predicted molar refractivity (Wildman–Crippen MR) is 63.0 cm³/mol. The first-order chi connectivity index (χ1) is 7.22. The molecule has 84 valence electrons. The van der Waals surface area contributed by atoms with E-state index in [4.69, 9.17) is 5.73 Å². The van der Waals surface area contributed by atoms with Crippen molar-refractivity contribution in [3.8, 4) is 0 Å². The van der Waals surface area contributed by atoms with Gasteiger partial charge in [0.25, 0.3) is 0 Å². The number of nitrogens with one attached hydrogen (secondary N) is 1. The molecule has 0 aliphatic rings. The Morgan fingerprint density at radius 1 is 1.33 bits per heavy atom. The molecule has 2 nitrogen and oxygen atoms in total. The van der Waals surface area contributed by atoms with Crippen molar-refractivity contribution in [1.82, 2.24) is 0 Å². The standard InChI is InChI=1S/C12H19FN2/c1-3-11(12(14)8-13)9-4-6-10(15-2)7-5-9/h4-7,11-12,15H,3,8,14H2,1-2H3. The summed E-state index contributed by atoms with van der Waals surface area (Å²) in [6.45, 7) is 1.57. The summed E-state index contributed by atoms with van der Waals surface area (Å²) in [5.41, 5.74) is 7.91. The molecule has 2 atom stereocenters. The lowest BCUT2D eigenvalue weighted by Gasteiger charge is -2.20. The second kappa shape index (κ2) is 5.71. The Bertz CT molecular complexity index is 284. The quantitative estimate of drug-likeness (QED) is 0.783. The highest BCUT2D eigenvalue weighted by atomic mass is 19.1. The Hall–Kier alpha value is -1.09. The summed E-state index contributed by atoms with van der Waals surface area (Å²) in [4.78, 5) is 0. The van der Waals surface area contributed by atoms with Gasteiger partial charge in [0.2, 0.25) is 0 Å². The van der Waals surface area contributed by atoms with E-state index in [9.17, 15) is 4.39 Å². The van der Waals surface area contributed by atoms with E-state index in [1.54, 1.807) is 0 Å². The number of benzene rings is 1. The molecule has 0 bridgehead atoms. The van der Waals surface area contributed by atoms with Crippen LogP contribution in [-0.2, 0) is 0 Å². The van der Waals surface area contributed by atoms with Crippen molar-refractivity contribution in [1.29, 1.82) is 0 Å². The van der Waals surface area contributed by atoms with E-state index in [1.807, 2.05) is 38.2 Å². The van der Waals surface area contributed by atoms with E-state index in [1.165, 1.54) is 0 Å². The van der Waals surface area contributed by atoms with Crippen LogP contribution in [0.5, 0.6) is 0 Å².